The first-order valence-electron chi connectivity index (χ1n) is 9.70. The number of thiophene rings is 1. The zero-order valence-corrected chi connectivity index (χ0v) is 20.2. The van der Waals surface area contributed by atoms with Gasteiger partial charge in [-0.1, -0.05) is 11.6 Å². The Morgan fingerprint density at radius 2 is 1.73 bits per heavy atom. The number of carbonyl (C=O) groups excluding carboxylic acids is 3. The zero-order chi connectivity index (χ0) is 24.3. The van der Waals surface area contributed by atoms with Crippen LogP contribution < -0.4 is 10.1 Å². The summed E-state index contributed by atoms with van der Waals surface area (Å²) < 4.78 is 16.7. The van der Waals surface area contributed by atoms with Crippen molar-refractivity contribution in [3.05, 3.63) is 62.2 Å². The Hall–Kier alpha value is -3.37. The van der Waals surface area contributed by atoms with E-state index in [-0.39, 0.29) is 27.9 Å². The second-order valence-electron chi connectivity index (χ2n) is 7.08. The number of methoxy groups -OCH3 is 2. The Morgan fingerprint density at radius 1 is 1.09 bits per heavy atom. The second kappa shape index (κ2) is 10.1. The maximum absolute atomic E-state index is 12.7. The van der Waals surface area contributed by atoms with E-state index in [4.69, 9.17) is 25.8 Å². The van der Waals surface area contributed by atoms with Gasteiger partial charge >= 0.3 is 11.9 Å². The summed E-state index contributed by atoms with van der Waals surface area (Å²) in [5, 5.41) is 7.69. The zero-order valence-electron chi connectivity index (χ0n) is 18.6. The van der Waals surface area contributed by atoms with Gasteiger partial charge in [0.05, 0.1) is 19.8 Å². The first kappa shape index (κ1) is 24.3. The molecule has 2 heterocycles. The highest BCUT2D eigenvalue weighted by atomic mass is 35.5. The number of esters is 2. The summed E-state index contributed by atoms with van der Waals surface area (Å²) >= 11 is 7.10. The van der Waals surface area contributed by atoms with E-state index in [1.165, 1.54) is 25.0 Å². The number of ether oxygens (including phenoxy) is 3. The standard InChI is InChI=1S/C22H22ClN3O6S/c1-11-8-14(9-12(2)17(11)23)32-10-26-7-6-15(25-26)19(27)24-20-16(21(28)30-4)13(3)18(33-20)22(29)31-5/h6-9H,10H2,1-5H3,(H,24,27). The molecule has 0 fully saturated rings. The van der Waals surface area contributed by atoms with E-state index in [1.807, 2.05) is 26.0 Å². The van der Waals surface area contributed by atoms with Gasteiger partial charge in [-0.2, -0.15) is 5.10 Å². The van der Waals surface area contributed by atoms with Gasteiger partial charge in [0, 0.05) is 11.2 Å². The van der Waals surface area contributed by atoms with E-state index < -0.39 is 17.8 Å². The van der Waals surface area contributed by atoms with Gasteiger partial charge in [-0.3, -0.25) is 4.79 Å². The Bertz CT molecular complexity index is 1210. The molecular weight excluding hydrogens is 470 g/mol. The van der Waals surface area contributed by atoms with Gasteiger partial charge in [-0.05, 0) is 55.7 Å². The lowest BCUT2D eigenvalue weighted by Crippen LogP contribution is -2.16. The molecule has 0 spiro atoms. The summed E-state index contributed by atoms with van der Waals surface area (Å²) in [7, 11) is 2.45. The van der Waals surface area contributed by atoms with E-state index in [2.05, 4.69) is 10.4 Å². The van der Waals surface area contributed by atoms with Crippen LogP contribution in [0.4, 0.5) is 5.00 Å². The highest BCUT2D eigenvalue weighted by Crippen LogP contribution is 2.34. The van der Waals surface area contributed by atoms with Crippen molar-refractivity contribution in [1.82, 2.24) is 9.78 Å². The molecular formula is C22H22ClN3O6S. The fourth-order valence-corrected chi connectivity index (χ4v) is 4.31. The first-order valence-corrected chi connectivity index (χ1v) is 10.9. The molecule has 3 aromatic rings. The predicted octanol–water partition coefficient (Wildman–Crippen LogP) is 4.39. The van der Waals surface area contributed by atoms with Gasteiger partial charge in [0.1, 0.15) is 15.6 Å². The van der Waals surface area contributed by atoms with E-state index in [9.17, 15) is 14.4 Å². The molecule has 0 aliphatic rings. The number of nitrogens with one attached hydrogen (secondary N) is 1. The van der Waals surface area contributed by atoms with E-state index >= 15 is 0 Å². The van der Waals surface area contributed by atoms with Crippen LogP contribution in [0.25, 0.3) is 0 Å². The topological polar surface area (TPSA) is 109 Å². The van der Waals surface area contributed by atoms with Crippen LogP contribution in [-0.4, -0.2) is 41.8 Å². The summed E-state index contributed by atoms with van der Waals surface area (Å²) in [6.45, 7) is 5.43. The van der Waals surface area contributed by atoms with Gasteiger partial charge in [-0.25, -0.2) is 14.3 Å². The highest BCUT2D eigenvalue weighted by Gasteiger charge is 2.27. The van der Waals surface area contributed by atoms with Gasteiger partial charge in [0.25, 0.3) is 5.91 Å². The molecule has 0 unspecified atom stereocenters. The average Bonchev–Trinajstić information content (AvgIpc) is 3.39. The number of anilines is 1. The number of nitrogens with zero attached hydrogens (tertiary/aromatic N) is 2. The van der Waals surface area contributed by atoms with Crippen molar-refractivity contribution < 1.29 is 28.6 Å². The minimum Gasteiger partial charge on any atom is -0.471 e. The van der Waals surface area contributed by atoms with Crippen molar-refractivity contribution in [1.29, 1.82) is 0 Å². The van der Waals surface area contributed by atoms with Gasteiger partial charge in [0.2, 0.25) is 0 Å². The maximum Gasteiger partial charge on any atom is 0.348 e. The molecule has 0 radical (unpaired) electrons. The van der Waals surface area contributed by atoms with Crippen LogP contribution >= 0.6 is 22.9 Å². The molecule has 0 atom stereocenters. The second-order valence-corrected chi connectivity index (χ2v) is 8.48. The van der Waals surface area contributed by atoms with Crippen LogP contribution in [0.5, 0.6) is 5.75 Å². The SMILES string of the molecule is COC(=O)c1sc(NC(=O)c2ccn(COc3cc(C)c(Cl)c(C)c3)n2)c(C(=O)OC)c1C. The number of benzene rings is 1. The molecule has 33 heavy (non-hydrogen) atoms. The Kier molecular flexibility index (Phi) is 7.39. The van der Waals surface area contributed by atoms with Crippen LogP contribution in [0.15, 0.2) is 24.4 Å². The number of aromatic nitrogens is 2. The Labute approximate surface area is 199 Å². The summed E-state index contributed by atoms with van der Waals surface area (Å²) in [4.78, 5) is 37.2. The number of halogens is 1. The number of aryl methyl sites for hydroxylation is 2. The quantitative estimate of drug-likeness (QED) is 0.488. The summed E-state index contributed by atoms with van der Waals surface area (Å²) in [5.41, 5.74) is 2.34. The van der Waals surface area contributed by atoms with Crippen molar-refractivity contribution in [2.24, 2.45) is 0 Å². The molecule has 0 saturated carbocycles. The number of rotatable bonds is 7. The Balaban J connectivity index is 1.76. The molecule has 0 bridgehead atoms. The lowest BCUT2D eigenvalue weighted by molar-refractivity contribution is 0.0601. The fourth-order valence-electron chi connectivity index (χ4n) is 3.09. The van der Waals surface area contributed by atoms with Crippen LogP contribution in [0, 0.1) is 20.8 Å². The van der Waals surface area contributed by atoms with E-state index in [1.54, 1.807) is 13.1 Å². The van der Waals surface area contributed by atoms with Crippen molar-refractivity contribution in [3.63, 3.8) is 0 Å². The van der Waals surface area contributed by atoms with Gasteiger partial charge < -0.3 is 19.5 Å². The molecule has 0 aliphatic heterocycles. The third-order valence-electron chi connectivity index (χ3n) is 4.78. The average molecular weight is 492 g/mol. The maximum atomic E-state index is 12.7. The molecule has 0 saturated heterocycles. The van der Waals surface area contributed by atoms with Crippen molar-refractivity contribution in [2.45, 2.75) is 27.5 Å². The van der Waals surface area contributed by atoms with Crippen molar-refractivity contribution in [2.75, 3.05) is 19.5 Å². The Morgan fingerprint density at radius 3 is 2.33 bits per heavy atom. The molecule has 174 valence electrons. The van der Waals surface area contributed by atoms with Crippen molar-refractivity contribution >= 4 is 45.8 Å². The smallest absolute Gasteiger partial charge is 0.348 e. The molecule has 9 nitrogen and oxygen atoms in total. The molecule has 11 heteroatoms. The molecule has 1 aromatic carbocycles. The molecule has 3 rings (SSSR count). The van der Waals surface area contributed by atoms with Crippen LogP contribution in [-0.2, 0) is 16.2 Å². The molecule has 2 aromatic heterocycles. The molecule has 1 amide bonds. The third kappa shape index (κ3) is 5.18. The number of hydrogen-bond acceptors (Lipinski definition) is 8. The number of amides is 1. The van der Waals surface area contributed by atoms with Crippen LogP contribution in [0.3, 0.4) is 0 Å². The third-order valence-corrected chi connectivity index (χ3v) is 6.56. The van der Waals surface area contributed by atoms with E-state index in [0.29, 0.717) is 16.3 Å². The monoisotopic (exact) mass is 491 g/mol. The predicted molar refractivity (Wildman–Crippen MR) is 123 cm³/mol. The normalized spacial score (nSPS) is 10.6. The summed E-state index contributed by atoms with van der Waals surface area (Å²) in [6, 6.07) is 5.15. The largest absolute Gasteiger partial charge is 0.471 e. The number of carbonyl (C=O) groups is 3. The van der Waals surface area contributed by atoms with Gasteiger partial charge in [-0.15, -0.1) is 11.3 Å². The lowest BCUT2D eigenvalue weighted by atomic mass is 10.1. The minimum atomic E-state index is -0.679. The fraction of sp³-hybridized carbons (Fsp3) is 0.273. The first-order chi connectivity index (χ1) is 15.7. The van der Waals surface area contributed by atoms with Crippen LogP contribution in [0.1, 0.15) is 47.2 Å². The minimum absolute atomic E-state index is 0.0752. The van der Waals surface area contributed by atoms with E-state index in [0.717, 1.165) is 22.5 Å². The highest BCUT2D eigenvalue weighted by molar-refractivity contribution is 7.18. The van der Waals surface area contributed by atoms with Gasteiger partial charge in [0.15, 0.2) is 12.4 Å². The number of hydrogen-bond donors (Lipinski definition) is 1. The lowest BCUT2D eigenvalue weighted by Gasteiger charge is -2.10. The molecule has 1 N–H and O–H groups in total. The van der Waals surface area contributed by atoms with Crippen LogP contribution in [0.2, 0.25) is 5.02 Å². The van der Waals surface area contributed by atoms with Crippen molar-refractivity contribution in [3.8, 4) is 5.75 Å². The summed E-state index contributed by atoms with van der Waals surface area (Å²) in [5.74, 6) is -1.23. The molecule has 0 aliphatic carbocycles. The summed E-state index contributed by atoms with van der Waals surface area (Å²) in [6.07, 6.45) is 1.59.